The summed E-state index contributed by atoms with van der Waals surface area (Å²) < 4.78 is 31.8. The van der Waals surface area contributed by atoms with Crippen LogP contribution in [0.15, 0.2) is 23.1 Å². The smallest absolute Gasteiger partial charge is 0.329 e. The predicted molar refractivity (Wildman–Crippen MR) is 94.6 cm³/mol. The molecule has 0 atom stereocenters. The fourth-order valence-electron chi connectivity index (χ4n) is 2.75. The minimum atomic E-state index is -3.61. The van der Waals surface area contributed by atoms with Crippen LogP contribution in [-0.4, -0.2) is 62.6 Å². The molecule has 0 unspecified atom stereocenters. The number of rotatable bonds is 8. The number of benzene rings is 1. The Hall–Kier alpha value is -1.97. The number of hydrogen-bond acceptors (Lipinski definition) is 5. The molecule has 1 aromatic rings. The number of ether oxygens (including phenoxy) is 1. The van der Waals surface area contributed by atoms with E-state index in [9.17, 15) is 18.0 Å². The average molecular weight is 384 g/mol. The molecule has 8 nitrogen and oxygen atoms in total. The number of carbonyl (C=O) groups is 2. The fraction of sp³-hybridized carbons (Fsp3) is 0.529. The second-order valence-corrected chi connectivity index (χ2v) is 8.08. The van der Waals surface area contributed by atoms with Gasteiger partial charge in [0.25, 0.3) is 5.91 Å². The molecule has 0 saturated carbocycles. The van der Waals surface area contributed by atoms with Crippen molar-refractivity contribution in [3.8, 4) is 0 Å². The third-order valence-electron chi connectivity index (χ3n) is 4.16. The topological polar surface area (TPSA) is 113 Å². The first-order chi connectivity index (χ1) is 12.3. The van der Waals surface area contributed by atoms with Gasteiger partial charge >= 0.3 is 5.97 Å². The Balaban J connectivity index is 2.06. The molecule has 1 aliphatic heterocycles. The summed E-state index contributed by atoms with van der Waals surface area (Å²) in [6.45, 7) is 2.49. The van der Waals surface area contributed by atoms with Crippen molar-refractivity contribution in [1.29, 1.82) is 0 Å². The average Bonchev–Trinajstić information content (AvgIpc) is 2.62. The summed E-state index contributed by atoms with van der Waals surface area (Å²) in [5, 5.41) is 11.1. The van der Waals surface area contributed by atoms with E-state index in [0.29, 0.717) is 18.7 Å². The number of amides is 1. The summed E-state index contributed by atoms with van der Waals surface area (Å²) in [6, 6.07) is 4.53. The zero-order chi connectivity index (χ0) is 19.2. The molecule has 1 saturated heterocycles. The fourth-order valence-corrected chi connectivity index (χ4v) is 4.30. The van der Waals surface area contributed by atoms with Crippen LogP contribution in [-0.2, 0) is 19.6 Å². The zero-order valence-electron chi connectivity index (χ0n) is 14.7. The standard InChI is InChI=1S/C17H24N2O6S/c1-13-5-6-14(26(23,24)19-8-3-2-4-9-19)11-15(13)17(22)18-7-10-25-12-16(20)21/h5-6,11H,2-4,7-10,12H2,1H3,(H,18,22)(H,20,21). The van der Waals surface area contributed by atoms with E-state index in [1.54, 1.807) is 13.0 Å². The van der Waals surface area contributed by atoms with Gasteiger partial charge in [0.05, 0.1) is 11.5 Å². The van der Waals surface area contributed by atoms with Gasteiger partial charge in [0, 0.05) is 25.2 Å². The molecule has 0 aliphatic carbocycles. The van der Waals surface area contributed by atoms with E-state index in [1.807, 2.05) is 0 Å². The minimum Gasteiger partial charge on any atom is -0.480 e. The summed E-state index contributed by atoms with van der Waals surface area (Å²) >= 11 is 0. The van der Waals surface area contributed by atoms with Crippen LogP contribution in [0.1, 0.15) is 35.2 Å². The van der Waals surface area contributed by atoms with Gasteiger partial charge < -0.3 is 15.2 Å². The second kappa shape index (κ2) is 9.11. The summed E-state index contributed by atoms with van der Waals surface area (Å²) in [5.74, 6) is -1.50. The van der Waals surface area contributed by atoms with Crippen molar-refractivity contribution < 1.29 is 27.9 Å². The van der Waals surface area contributed by atoms with Gasteiger partial charge in [-0.1, -0.05) is 12.5 Å². The number of carboxylic acids is 1. The highest BCUT2D eigenvalue weighted by molar-refractivity contribution is 7.89. The highest BCUT2D eigenvalue weighted by Crippen LogP contribution is 2.22. The SMILES string of the molecule is Cc1ccc(S(=O)(=O)N2CCCCC2)cc1C(=O)NCCOCC(=O)O. The number of piperidine rings is 1. The molecule has 1 aromatic carbocycles. The number of sulfonamides is 1. The number of carboxylic acid groups (broad SMARTS) is 1. The minimum absolute atomic E-state index is 0.0584. The molecular weight excluding hydrogens is 360 g/mol. The van der Waals surface area contributed by atoms with E-state index in [2.05, 4.69) is 5.32 Å². The molecule has 0 bridgehead atoms. The van der Waals surface area contributed by atoms with Gasteiger partial charge in [-0.15, -0.1) is 0 Å². The summed E-state index contributed by atoms with van der Waals surface area (Å²) in [4.78, 5) is 22.8. The van der Waals surface area contributed by atoms with Crippen molar-refractivity contribution in [2.75, 3.05) is 32.8 Å². The van der Waals surface area contributed by atoms with E-state index in [-0.39, 0.29) is 23.6 Å². The van der Waals surface area contributed by atoms with Crippen LogP contribution >= 0.6 is 0 Å². The number of nitrogens with zero attached hydrogens (tertiary/aromatic N) is 1. The molecule has 2 rings (SSSR count). The maximum Gasteiger partial charge on any atom is 0.329 e. The summed E-state index contributed by atoms with van der Waals surface area (Å²) in [7, 11) is -3.61. The number of aliphatic carboxylic acids is 1. The van der Waals surface area contributed by atoms with E-state index < -0.39 is 28.5 Å². The first kappa shape index (κ1) is 20.3. The van der Waals surface area contributed by atoms with Crippen molar-refractivity contribution in [3.63, 3.8) is 0 Å². The van der Waals surface area contributed by atoms with Crippen LogP contribution in [0.25, 0.3) is 0 Å². The normalized spacial score (nSPS) is 15.6. The van der Waals surface area contributed by atoms with Gasteiger partial charge in [-0.2, -0.15) is 4.31 Å². The maximum absolute atomic E-state index is 12.8. The Morgan fingerprint density at radius 3 is 2.58 bits per heavy atom. The highest BCUT2D eigenvalue weighted by Gasteiger charge is 2.27. The summed E-state index contributed by atoms with van der Waals surface area (Å²) in [5.41, 5.74) is 0.938. The van der Waals surface area contributed by atoms with E-state index in [4.69, 9.17) is 9.84 Å². The first-order valence-electron chi connectivity index (χ1n) is 8.51. The maximum atomic E-state index is 12.8. The van der Waals surface area contributed by atoms with Crippen LogP contribution in [0.2, 0.25) is 0 Å². The van der Waals surface area contributed by atoms with Gasteiger partial charge in [0.1, 0.15) is 6.61 Å². The van der Waals surface area contributed by atoms with Crippen LogP contribution in [0.3, 0.4) is 0 Å². The third-order valence-corrected chi connectivity index (χ3v) is 6.06. The molecule has 9 heteroatoms. The van der Waals surface area contributed by atoms with E-state index in [0.717, 1.165) is 19.3 Å². The lowest BCUT2D eigenvalue weighted by atomic mass is 10.1. The number of carbonyl (C=O) groups excluding carboxylic acids is 1. The lowest BCUT2D eigenvalue weighted by molar-refractivity contribution is -0.142. The predicted octanol–water partition coefficient (Wildman–Crippen LogP) is 1.00. The lowest BCUT2D eigenvalue weighted by Gasteiger charge is -2.26. The first-order valence-corrected chi connectivity index (χ1v) is 9.95. The van der Waals surface area contributed by atoms with Crippen molar-refractivity contribution in [1.82, 2.24) is 9.62 Å². The molecule has 1 amide bonds. The molecule has 144 valence electrons. The molecule has 1 aliphatic rings. The Labute approximate surface area is 153 Å². The van der Waals surface area contributed by atoms with Crippen molar-refractivity contribution in [2.45, 2.75) is 31.1 Å². The highest BCUT2D eigenvalue weighted by atomic mass is 32.2. The van der Waals surface area contributed by atoms with Crippen molar-refractivity contribution >= 4 is 21.9 Å². The van der Waals surface area contributed by atoms with E-state index >= 15 is 0 Å². The lowest BCUT2D eigenvalue weighted by Crippen LogP contribution is -2.36. The number of hydrogen-bond donors (Lipinski definition) is 2. The molecule has 0 spiro atoms. The third kappa shape index (κ3) is 5.26. The van der Waals surface area contributed by atoms with Crippen LogP contribution < -0.4 is 5.32 Å². The molecule has 0 aromatic heterocycles. The molecule has 26 heavy (non-hydrogen) atoms. The van der Waals surface area contributed by atoms with Crippen LogP contribution in [0.5, 0.6) is 0 Å². The van der Waals surface area contributed by atoms with Gasteiger partial charge in [-0.25, -0.2) is 13.2 Å². The quantitative estimate of drug-likeness (QED) is 0.647. The van der Waals surface area contributed by atoms with Gasteiger partial charge in [0.2, 0.25) is 10.0 Å². The molecule has 1 fully saturated rings. The van der Waals surface area contributed by atoms with Crippen LogP contribution in [0.4, 0.5) is 0 Å². The number of aryl methyl sites for hydroxylation is 1. The molecule has 1 heterocycles. The molecule has 0 radical (unpaired) electrons. The monoisotopic (exact) mass is 384 g/mol. The van der Waals surface area contributed by atoms with Crippen molar-refractivity contribution in [2.24, 2.45) is 0 Å². The van der Waals surface area contributed by atoms with Gasteiger partial charge in [-0.3, -0.25) is 4.79 Å². The van der Waals surface area contributed by atoms with E-state index in [1.165, 1.54) is 16.4 Å². The zero-order valence-corrected chi connectivity index (χ0v) is 15.5. The largest absolute Gasteiger partial charge is 0.480 e. The summed E-state index contributed by atoms with van der Waals surface area (Å²) in [6.07, 6.45) is 2.71. The molecule has 2 N–H and O–H groups in total. The molecular formula is C17H24N2O6S. The van der Waals surface area contributed by atoms with Crippen molar-refractivity contribution in [3.05, 3.63) is 29.3 Å². The second-order valence-electron chi connectivity index (χ2n) is 6.14. The Morgan fingerprint density at radius 2 is 1.92 bits per heavy atom. The van der Waals surface area contributed by atoms with Crippen LogP contribution in [0, 0.1) is 6.92 Å². The van der Waals surface area contributed by atoms with Gasteiger partial charge in [-0.05, 0) is 37.5 Å². The van der Waals surface area contributed by atoms with Gasteiger partial charge in [0.15, 0.2) is 0 Å². The Bertz CT molecular complexity index is 757. The Morgan fingerprint density at radius 1 is 1.23 bits per heavy atom. The number of nitrogens with one attached hydrogen (secondary N) is 1. The Kier molecular flexibility index (Phi) is 7.13.